The predicted octanol–water partition coefficient (Wildman–Crippen LogP) is 2.43. The summed E-state index contributed by atoms with van der Waals surface area (Å²) in [6.45, 7) is 0.599. The van der Waals surface area contributed by atoms with Gasteiger partial charge in [-0.25, -0.2) is 8.42 Å². The van der Waals surface area contributed by atoms with E-state index in [-0.39, 0.29) is 10.8 Å². The molecular weight excluding hydrogens is 324 g/mol. The molecule has 0 atom stereocenters. The van der Waals surface area contributed by atoms with Gasteiger partial charge in [0.1, 0.15) is 0 Å². The van der Waals surface area contributed by atoms with Crippen molar-refractivity contribution in [2.45, 2.75) is 11.3 Å². The molecule has 5 nitrogen and oxygen atoms in total. The lowest BCUT2D eigenvalue weighted by atomic mass is 10.00. The number of nitrogens with one attached hydrogen (secondary N) is 2. The molecule has 0 aromatic heterocycles. The van der Waals surface area contributed by atoms with Gasteiger partial charge in [-0.3, -0.25) is 9.52 Å². The maximum Gasteiger partial charge on any atom is 0.261 e. The first-order valence-corrected chi connectivity index (χ1v) is 8.51. The highest BCUT2D eigenvalue weighted by Gasteiger charge is 2.19. The van der Waals surface area contributed by atoms with Crippen LogP contribution in [0.5, 0.6) is 0 Å². The van der Waals surface area contributed by atoms with E-state index in [0.717, 1.165) is 12.0 Å². The van der Waals surface area contributed by atoms with Gasteiger partial charge in [0.05, 0.1) is 4.90 Å². The highest BCUT2D eigenvalue weighted by molar-refractivity contribution is 7.92. The molecule has 1 aliphatic heterocycles. The zero-order valence-electron chi connectivity index (χ0n) is 11.5. The normalized spacial score (nSPS) is 14.1. The zero-order valence-corrected chi connectivity index (χ0v) is 13.0. The Bertz CT molecular complexity index is 832. The van der Waals surface area contributed by atoms with Crippen molar-refractivity contribution in [2.24, 2.45) is 0 Å². The average Bonchev–Trinajstić information content (AvgIpc) is 2.48. The van der Waals surface area contributed by atoms with Gasteiger partial charge in [-0.15, -0.1) is 0 Å². The molecule has 7 heteroatoms. The van der Waals surface area contributed by atoms with Gasteiger partial charge in [0.15, 0.2) is 0 Å². The highest BCUT2D eigenvalue weighted by Crippen LogP contribution is 2.22. The summed E-state index contributed by atoms with van der Waals surface area (Å²) in [5, 5.41) is 3.20. The van der Waals surface area contributed by atoms with Gasteiger partial charge < -0.3 is 5.32 Å². The third-order valence-electron chi connectivity index (χ3n) is 3.41. The maximum atomic E-state index is 12.3. The minimum Gasteiger partial charge on any atom is -0.352 e. The van der Waals surface area contributed by atoms with Gasteiger partial charge in [-0.2, -0.15) is 0 Å². The van der Waals surface area contributed by atoms with Gasteiger partial charge in [-0.1, -0.05) is 17.7 Å². The van der Waals surface area contributed by atoms with Gasteiger partial charge >= 0.3 is 0 Å². The Balaban J connectivity index is 1.91. The Morgan fingerprint density at radius 3 is 2.55 bits per heavy atom. The maximum absolute atomic E-state index is 12.3. The van der Waals surface area contributed by atoms with Crippen LogP contribution in [0.3, 0.4) is 0 Å². The summed E-state index contributed by atoms with van der Waals surface area (Å²) in [4.78, 5) is 11.9. The van der Waals surface area contributed by atoms with E-state index in [0.29, 0.717) is 22.8 Å². The molecule has 3 rings (SSSR count). The lowest BCUT2D eigenvalue weighted by Crippen LogP contribution is -2.31. The molecule has 1 heterocycles. The van der Waals surface area contributed by atoms with Crippen molar-refractivity contribution < 1.29 is 13.2 Å². The Morgan fingerprint density at radius 2 is 1.82 bits per heavy atom. The molecule has 2 N–H and O–H groups in total. The second-order valence-electron chi connectivity index (χ2n) is 4.94. The number of anilines is 1. The quantitative estimate of drug-likeness (QED) is 0.904. The van der Waals surface area contributed by atoms with Crippen LogP contribution in [0, 0.1) is 0 Å². The third kappa shape index (κ3) is 2.93. The molecule has 1 amide bonds. The van der Waals surface area contributed by atoms with E-state index < -0.39 is 10.0 Å². The van der Waals surface area contributed by atoms with E-state index in [9.17, 15) is 13.2 Å². The summed E-state index contributed by atoms with van der Waals surface area (Å²) < 4.78 is 27.1. The smallest absolute Gasteiger partial charge is 0.261 e. The number of benzene rings is 2. The number of amides is 1. The third-order valence-corrected chi connectivity index (χ3v) is 5.06. The van der Waals surface area contributed by atoms with Crippen molar-refractivity contribution in [2.75, 3.05) is 11.3 Å². The number of hydrogen-bond acceptors (Lipinski definition) is 3. The number of sulfonamides is 1. The van der Waals surface area contributed by atoms with Crippen molar-refractivity contribution in [3.63, 3.8) is 0 Å². The summed E-state index contributed by atoms with van der Waals surface area (Å²) in [5.41, 5.74) is 1.77. The van der Waals surface area contributed by atoms with Crippen molar-refractivity contribution in [1.29, 1.82) is 0 Å². The molecule has 0 unspecified atom stereocenters. The van der Waals surface area contributed by atoms with E-state index in [4.69, 9.17) is 11.6 Å². The van der Waals surface area contributed by atoms with Gasteiger partial charge in [0.2, 0.25) is 0 Å². The Labute approximate surface area is 133 Å². The molecule has 0 bridgehead atoms. The number of carbonyl (C=O) groups excluding carboxylic acids is 1. The molecular formula is C15H13ClN2O3S. The van der Waals surface area contributed by atoms with Gasteiger partial charge in [-0.05, 0) is 48.4 Å². The van der Waals surface area contributed by atoms with Gasteiger partial charge in [0, 0.05) is 22.8 Å². The fourth-order valence-corrected chi connectivity index (χ4v) is 3.48. The van der Waals surface area contributed by atoms with E-state index >= 15 is 0 Å². The fraction of sp³-hybridized carbons (Fsp3) is 0.133. The molecule has 114 valence electrons. The van der Waals surface area contributed by atoms with Crippen molar-refractivity contribution in [3.8, 4) is 0 Å². The number of fused-ring (bicyclic) bond motifs is 1. The minimum atomic E-state index is -3.71. The molecule has 0 aliphatic carbocycles. The molecule has 1 aliphatic rings. The standard InChI is InChI=1S/C15H13ClN2O3S/c16-11-2-5-13(6-3-11)22(20,21)18-12-4-1-10-7-8-17-15(19)14(10)9-12/h1-6,9,18H,7-8H2,(H,17,19). The van der Waals surface area contributed by atoms with Crippen molar-refractivity contribution >= 4 is 33.2 Å². The Morgan fingerprint density at radius 1 is 1.09 bits per heavy atom. The van der Waals surface area contributed by atoms with Crippen LogP contribution in [0.2, 0.25) is 5.02 Å². The van der Waals surface area contributed by atoms with Crippen LogP contribution < -0.4 is 10.0 Å². The first kappa shape index (κ1) is 14.9. The van der Waals surface area contributed by atoms with E-state index in [2.05, 4.69) is 10.0 Å². The lowest BCUT2D eigenvalue weighted by Gasteiger charge is -2.17. The monoisotopic (exact) mass is 336 g/mol. The summed E-state index contributed by atoms with van der Waals surface area (Å²) in [7, 11) is -3.71. The fourth-order valence-electron chi connectivity index (χ4n) is 2.30. The molecule has 0 saturated heterocycles. The number of carbonyl (C=O) groups is 1. The number of rotatable bonds is 3. The van der Waals surface area contributed by atoms with Gasteiger partial charge in [0.25, 0.3) is 15.9 Å². The van der Waals surface area contributed by atoms with E-state index in [1.165, 1.54) is 24.3 Å². The van der Waals surface area contributed by atoms with Crippen LogP contribution in [0.4, 0.5) is 5.69 Å². The molecule has 0 saturated carbocycles. The molecule has 0 fully saturated rings. The average molecular weight is 337 g/mol. The molecule has 22 heavy (non-hydrogen) atoms. The van der Waals surface area contributed by atoms with Crippen molar-refractivity contribution in [1.82, 2.24) is 5.32 Å². The van der Waals surface area contributed by atoms with Crippen LogP contribution in [0.15, 0.2) is 47.4 Å². The summed E-state index contributed by atoms with van der Waals surface area (Å²) in [6, 6.07) is 10.9. The molecule has 0 spiro atoms. The summed E-state index contributed by atoms with van der Waals surface area (Å²) in [6.07, 6.45) is 0.741. The second-order valence-corrected chi connectivity index (χ2v) is 7.06. The summed E-state index contributed by atoms with van der Waals surface area (Å²) >= 11 is 5.76. The van der Waals surface area contributed by atoms with Crippen LogP contribution >= 0.6 is 11.6 Å². The van der Waals surface area contributed by atoms with Crippen molar-refractivity contribution in [3.05, 3.63) is 58.6 Å². The first-order valence-electron chi connectivity index (χ1n) is 6.65. The molecule has 0 radical (unpaired) electrons. The summed E-state index contributed by atoms with van der Waals surface area (Å²) in [5.74, 6) is -0.186. The predicted molar refractivity (Wildman–Crippen MR) is 84.7 cm³/mol. The van der Waals surface area contributed by atoms with Crippen LogP contribution in [-0.4, -0.2) is 20.9 Å². The minimum absolute atomic E-state index is 0.110. The molecule has 2 aromatic rings. The van der Waals surface area contributed by atoms with E-state index in [1.54, 1.807) is 18.2 Å². The number of hydrogen-bond donors (Lipinski definition) is 2. The highest BCUT2D eigenvalue weighted by atomic mass is 35.5. The van der Waals surface area contributed by atoms with Crippen LogP contribution in [0.25, 0.3) is 0 Å². The number of halogens is 1. The Kier molecular flexibility index (Phi) is 3.80. The SMILES string of the molecule is O=C1NCCc2ccc(NS(=O)(=O)c3ccc(Cl)cc3)cc21. The Hall–Kier alpha value is -2.05. The topological polar surface area (TPSA) is 75.3 Å². The lowest BCUT2D eigenvalue weighted by molar-refractivity contribution is 0.0946. The largest absolute Gasteiger partial charge is 0.352 e. The second kappa shape index (κ2) is 5.62. The zero-order chi connectivity index (χ0) is 15.7. The van der Waals surface area contributed by atoms with E-state index in [1.807, 2.05) is 0 Å². The first-order chi connectivity index (χ1) is 10.5. The van der Waals surface area contributed by atoms with Crippen LogP contribution in [0.1, 0.15) is 15.9 Å². The molecule has 2 aromatic carbocycles. The van der Waals surface area contributed by atoms with Crippen LogP contribution in [-0.2, 0) is 16.4 Å².